The lowest BCUT2D eigenvalue weighted by Crippen LogP contribution is -2.22. The number of fused-ring (bicyclic) bond motifs is 1. The third-order valence-electron chi connectivity index (χ3n) is 4.60. The monoisotopic (exact) mass is 400 g/mol. The van der Waals surface area contributed by atoms with Crippen LogP contribution in [-0.4, -0.2) is 27.0 Å². The van der Waals surface area contributed by atoms with Crippen molar-refractivity contribution in [1.29, 1.82) is 0 Å². The predicted molar refractivity (Wildman–Crippen MR) is 115 cm³/mol. The molecule has 30 heavy (non-hydrogen) atoms. The maximum Gasteiger partial charge on any atom is 0.267 e. The third-order valence-corrected chi connectivity index (χ3v) is 4.60. The molecule has 0 fully saturated rings. The average Bonchev–Trinajstić information content (AvgIpc) is 2.75. The van der Waals surface area contributed by atoms with Crippen LogP contribution in [0.4, 0.5) is 5.69 Å². The van der Waals surface area contributed by atoms with Gasteiger partial charge in [0.15, 0.2) is 5.65 Å². The van der Waals surface area contributed by atoms with E-state index in [1.54, 1.807) is 73.8 Å². The molecular formula is C23H20N4O3. The highest BCUT2D eigenvalue weighted by molar-refractivity contribution is 6.04. The van der Waals surface area contributed by atoms with Crippen molar-refractivity contribution < 1.29 is 9.53 Å². The molecule has 0 spiro atoms. The van der Waals surface area contributed by atoms with Crippen molar-refractivity contribution in [2.75, 3.05) is 11.9 Å². The first-order valence-electron chi connectivity index (χ1n) is 9.56. The Labute approximate surface area is 173 Å². The molecule has 2 aromatic carbocycles. The van der Waals surface area contributed by atoms with Gasteiger partial charge in [0.2, 0.25) is 0 Å². The highest BCUT2D eigenvalue weighted by atomic mass is 16.5. The normalized spacial score (nSPS) is 10.7. The zero-order valence-electron chi connectivity index (χ0n) is 16.6. The Morgan fingerprint density at radius 2 is 1.90 bits per heavy atom. The molecule has 0 aliphatic rings. The third kappa shape index (κ3) is 3.77. The fourth-order valence-corrected chi connectivity index (χ4v) is 3.22. The second-order valence-electron chi connectivity index (χ2n) is 6.64. The quantitative estimate of drug-likeness (QED) is 0.552. The van der Waals surface area contributed by atoms with E-state index in [4.69, 9.17) is 4.74 Å². The Bertz CT molecular complexity index is 1280. The molecule has 2 aromatic heterocycles. The Balaban J connectivity index is 1.64. The van der Waals surface area contributed by atoms with E-state index in [0.717, 1.165) is 0 Å². The summed E-state index contributed by atoms with van der Waals surface area (Å²) in [5, 5.41) is 3.31. The number of benzene rings is 2. The van der Waals surface area contributed by atoms with Crippen molar-refractivity contribution in [1.82, 2.24) is 14.5 Å². The number of nitrogens with one attached hydrogen (secondary N) is 1. The van der Waals surface area contributed by atoms with Crippen LogP contribution < -0.4 is 15.6 Å². The Kier molecular flexibility index (Phi) is 5.26. The molecule has 2 heterocycles. The van der Waals surface area contributed by atoms with E-state index in [2.05, 4.69) is 15.3 Å². The molecule has 4 rings (SSSR count). The number of nitrogens with zero attached hydrogens (tertiary/aromatic N) is 3. The number of anilines is 1. The minimum absolute atomic E-state index is 0.208. The summed E-state index contributed by atoms with van der Waals surface area (Å²) in [5.41, 5.74) is 1.90. The first kappa shape index (κ1) is 19.3. The van der Waals surface area contributed by atoms with Crippen LogP contribution in [0.2, 0.25) is 0 Å². The van der Waals surface area contributed by atoms with Crippen LogP contribution in [0, 0.1) is 6.92 Å². The van der Waals surface area contributed by atoms with Crippen LogP contribution in [-0.2, 0) is 0 Å². The number of pyridine rings is 1. The van der Waals surface area contributed by atoms with Crippen LogP contribution in [0.15, 0.2) is 71.7 Å². The zero-order valence-corrected chi connectivity index (χ0v) is 16.6. The number of aryl methyl sites for hydroxylation is 1. The lowest BCUT2D eigenvalue weighted by Gasteiger charge is -2.12. The van der Waals surface area contributed by atoms with Gasteiger partial charge in [-0.3, -0.25) is 14.2 Å². The van der Waals surface area contributed by atoms with Gasteiger partial charge in [-0.2, -0.15) is 0 Å². The van der Waals surface area contributed by atoms with Gasteiger partial charge in [0.05, 0.1) is 17.7 Å². The number of hydrogen-bond donors (Lipinski definition) is 1. The van der Waals surface area contributed by atoms with E-state index in [9.17, 15) is 9.59 Å². The standard InChI is InChI=1S/C23H20N4O3/c1-3-30-19-11-9-16(10-12-19)22(28)26-17-6-4-7-18(14-17)27-15(2)25-21-20(23(27)29)8-5-13-24-21/h4-14H,3H2,1-2H3,(H,26,28). The lowest BCUT2D eigenvalue weighted by atomic mass is 10.2. The molecule has 0 saturated carbocycles. The number of amides is 1. The fraction of sp³-hybridized carbons (Fsp3) is 0.130. The lowest BCUT2D eigenvalue weighted by molar-refractivity contribution is 0.102. The Morgan fingerprint density at radius 1 is 1.10 bits per heavy atom. The summed E-state index contributed by atoms with van der Waals surface area (Å²) in [6.07, 6.45) is 1.61. The van der Waals surface area contributed by atoms with Crippen molar-refractivity contribution in [3.05, 3.63) is 88.6 Å². The molecule has 0 saturated heterocycles. The van der Waals surface area contributed by atoms with E-state index in [1.165, 1.54) is 4.57 Å². The van der Waals surface area contributed by atoms with Crippen LogP contribution in [0.25, 0.3) is 16.7 Å². The number of ether oxygens (including phenoxy) is 1. The maximum atomic E-state index is 13.0. The van der Waals surface area contributed by atoms with Gasteiger partial charge in [0.25, 0.3) is 11.5 Å². The molecule has 4 aromatic rings. The van der Waals surface area contributed by atoms with Crippen LogP contribution in [0.3, 0.4) is 0 Å². The van der Waals surface area contributed by atoms with Crippen molar-refractivity contribution in [2.45, 2.75) is 13.8 Å². The fourth-order valence-electron chi connectivity index (χ4n) is 3.22. The molecule has 0 radical (unpaired) electrons. The highest BCUT2D eigenvalue weighted by Gasteiger charge is 2.12. The summed E-state index contributed by atoms with van der Waals surface area (Å²) >= 11 is 0. The zero-order chi connectivity index (χ0) is 21.1. The Morgan fingerprint density at radius 3 is 2.67 bits per heavy atom. The summed E-state index contributed by atoms with van der Waals surface area (Å²) in [4.78, 5) is 34.2. The van der Waals surface area contributed by atoms with Crippen molar-refractivity contribution in [3.63, 3.8) is 0 Å². The van der Waals surface area contributed by atoms with Gasteiger partial charge in [0.1, 0.15) is 11.6 Å². The van der Waals surface area contributed by atoms with E-state index in [1.807, 2.05) is 6.92 Å². The molecule has 7 nitrogen and oxygen atoms in total. The van der Waals surface area contributed by atoms with Crippen LogP contribution >= 0.6 is 0 Å². The number of aromatic nitrogens is 3. The first-order valence-corrected chi connectivity index (χ1v) is 9.56. The first-order chi connectivity index (χ1) is 14.6. The summed E-state index contributed by atoms with van der Waals surface area (Å²) < 4.78 is 6.91. The highest BCUT2D eigenvalue weighted by Crippen LogP contribution is 2.18. The molecule has 0 atom stereocenters. The van der Waals surface area contributed by atoms with Gasteiger partial charge in [-0.25, -0.2) is 9.97 Å². The minimum atomic E-state index is -0.250. The molecule has 150 valence electrons. The molecule has 0 aliphatic carbocycles. The second kappa shape index (κ2) is 8.16. The van der Waals surface area contributed by atoms with Gasteiger partial charge in [-0.05, 0) is 68.4 Å². The van der Waals surface area contributed by atoms with Crippen molar-refractivity contribution >= 4 is 22.6 Å². The molecule has 1 N–H and O–H groups in total. The molecule has 7 heteroatoms. The summed E-state index contributed by atoms with van der Waals surface area (Å²) in [6.45, 7) is 4.22. The average molecular weight is 400 g/mol. The SMILES string of the molecule is CCOc1ccc(C(=O)Nc2cccc(-n3c(C)nc4ncccc4c3=O)c2)cc1. The van der Waals surface area contributed by atoms with E-state index < -0.39 is 0 Å². The van der Waals surface area contributed by atoms with Gasteiger partial charge in [-0.15, -0.1) is 0 Å². The van der Waals surface area contributed by atoms with E-state index >= 15 is 0 Å². The van der Waals surface area contributed by atoms with Crippen LogP contribution in [0.5, 0.6) is 5.75 Å². The van der Waals surface area contributed by atoms with Gasteiger partial charge < -0.3 is 10.1 Å². The topological polar surface area (TPSA) is 86.1 Å². The summed E-state index contributed by atoms with van der Waals surface area (Å²) in [6, 6.07) is 17.4. The summed E-state index contributed by atoms with van der Waals surface area (Å²) in [7, 11) is 0. The minimum Gasteiger partial charge on any atom is -0.494 e. The van der Waals surface area contributed by atoms with Crippen molar-refractivity contribution in [2.24, 2.45) is 0 Å². The van der Waals surface area contributed by atoms with E-state index in [-0.39, 0.29) is 11.5 Å². The molecule has 1 amide bonds. The van der Waals surface area contributed by atoms with Gasteiger partial charge >= 0.3 is 0 Å². The van der Waals surface area contributed by atoms with Crippen LogP contribution in [0.1, 0.15) is 23.1 Å². The number of carbonyl (C=O) groups excluding carboxylic acids is 1. The molecule has 0 bridgehead atoms. The van der Waals surface area contributed by atoms with Crippen molar-refractivity contribution in [3.8, 4) is 11.4 Å². The van der Waals surface area contributed by atoms with Gasteiger partial charge in [0, 0.05) is 17.4 Å². The van der Waals surface area contributed by atoms with E-state index in [0.29, 0.717) is 46.2 Å². The predicted octanol–water partition coefficient (Wildman–Crippen LogP) is 3.74. The number of carbonyl (C=O) groups is 1. The molecule has 0 unspecified atom stereocenters. The van der Waals surface area contributed by atoms with Gasteiger partial charge in [-0.1, -0.05) is 6.07 Å². The largest absolute Gasteiger partial charge is 0.494 e. The summed E-state index contributed by atoms with van der Waals surface area (Å²) in [5.74, 6) is 0.977. The molecule has 0 aliphatic heterocycles. The number of rotatable bonds is 5. The number of hydrogen-bond acceptors (Lipinski definition) is 5. The second-order valence-corrected chi connectivity index (χ2v) is 6.64. The Hall–Kier alpha value is -4.00. The molecular weight excluding hydrogens is 380 g/mol. The maximum absolute atomic E-state index is 13.0. The smallest absolute Gasteiger partial charge is 0.267 e.